The lowest BCUT2D eigenvalue weighted by molar-refractivity contribution is -0.137. The minimum atomic E-state index is -4.51. The number of halogens is 3. The van der Waals surface area contributed by atoms with Crippen LogP contribution in [0.5, 0.6) is 5.75 Å². The minimum Gasteiger partial charge on any atom is -0.507 e. The highest BCUT2D eigenvalue weighted by molar-refractivity contribution is 5.96. The molecule has 0 radical (unpaired) electrons. The van der Waals surface area contributed by atoms with E-state index in [1.54, 1.807) is 0 Å². The Balaban J connectivity index is 0.000000913. The Morgan fingerprint density at radius 1 is 1.16 bits per heavy atom. The number of carboxylic acid groups (broad SMARTS) is 1. The Hall–Kier alpha value is -3.20. The Bertz CT molecular complexity index is 1090. The van der Waals surface area contributed by atoms with Crippen LogP contribution in [0, 0.1) is 5.92 Å². The lowest BCUT2D eigenvalue weighted by atomic mass is 9.91. The highest BCUT2D eigenvalue weighted by Gasteiger charge is 2.31. The topological polar surface area (TPSA) is 86.5 Å². The highest BCUT2D eigenvalue weighted by atomic mass is 19.4. The molecule has 9 heteroatoms. The van der Waals surface area contributed by atoms with E-state index in [2.05, 4.69) is 22.1 Å². The van der Waals surface area contributed by atoms with Gasteiger partial charge in [0.2, 0.25) is 0 Å². The molecule has 1 aliphatic rings. The van der Waals surface area contributed by atoms with Crippen molar-refractivity contribution in [1.29, 1.82) is 0 Å². The van der Waals surface area contributed by atoms with E-state index in [0.29, 0.717) is 11.6 Å². The van der Waals surface area contributed by atoms with Crippen LogP contribution < -0.4 is 0 Å². The molecule has 1 saturated heterocycles. The fraction of sp³-hybridized carbons (Fsp3) is 0.348. The van der Waals surface area contributed by atoms with Crippen molar-refractivity contribution >= 4 is 17.2 Å². The summed E-state index contributed by atoms with van der Waals surface area (Å²) in [6.45, 7) is 1.87. The zero-order valence-electron chi connectivity index (χ0n) is 17.5. The van der Waals surface area contributed by atoms with Crippen molar-refractivity contribution in [2.45, 2.75) is 25.4 Å². The number of likely N-dealkylation sites (tertiary alicyclic amines) is 1. The van der Waals surface area contributed by atoms with Crippen LogP contribution in [0.25, 0.3) is 22.0 Å². The number of carbonyl (C=O) groups is 1. The van der Waals surface area contributed by atoms with E-state index in [4.69, 9.17) is 9.90 Å². The third kappa shape index (κ3) is 5.34. The van der Waals surface area contributed by atoms with Crippen LogP contribution in [0.3, 0.4) is 0 Å². The van der Waals surface area contributed by atoms with Gasteiger partial charge in [-0.1, -0.05) is 24.3 Å². The molecule has 1 atom stereocenters. The van der Waals surface area contributed by atoms with Crippen molar-refractivity contribution in [3.05, 3.63) is 53.7 Å². The van der Waals surface area contributed by atoms with Crippen molar-refractivity contribution in [2.24, 2.45) is 5.92 Å². The number of aromatic nitrogens is 2. The highest BCUT2D eigenvalue weighted by Crippen LogP contribution is 2.38. The van der Waals surface area contributed by atoms with Gasteiger partial charge in [0, 0.05) is 22.9 Å². The second-order valence-electron chi connectivity index (χ2n) is 7.85. The molecule has 2 heterocycles. The summed E-state index contributed by atoms with van der Waals surface area (Å²) < 4.78 is 38.7. The zero-order valence-corrected chi connectivity index (χ0v) is 17.5. The average Bonchev–Trinajstić information content (AvgIpc) is 2.74. The molecule has 1 fully saturated rings. The van der Waals surface area contributed by atoms with Crippen molar-refractivity contribution in [3.8, 4) is 17.0 Å². The monoisotopic (exact) mass is 447 g/mol. The Kier molecular flexibility index (Phi) is 7.29. The number of hydrogen-bond donors (Lipinski definition) is 2. The number of hydrogen-bond acceptors (Lipinski definition) is 5. The van der Waals surface area contributed by atoms with Gasteiger partial charge in [-0.3, -0.25) is 4.79 Å². The fourth-order valence-corrected chi connectivity index (χ4v) is 4.13. The standard InChI is InChI=1S/C22H22F3N3O.CH2O2/c1-28-10-4-5-14(13-28)11-19-16-6-2-3-7-17(16)21(27-26-19)18-9-8-15(12-20(18)29)22(23,24)25;2-1-3/h2-3,6-9,12,14,29H,4-5,10-11,13H2,1H3;1H,(H,2,3). The minimum absolute atomic E-state index is 0.241. The van der Waals surface area contributed by atoms with Crippen molar-refractivity contribution < 1.29 is 28.2 Å². The molecular weight excluding hydrogens is 423 g/mol. The third-order valence-corrected chi connectivity index (χ3v) is 5.55. The van der Waals surface area contributed by atoms with Crippen LogP contribution in [0.4, 0.5) is 13.2 Å². The Morgan fingerprint density at radius 2 is 1.84 bits per heavy atom. The largest absolute Gasteiger partial charge is 0.507 e. The predicted octanol–water partition coefficient (Wildman–Crippen LogP) is 4.61. The van der Waals surface area contributed by atoms with Crippen molar-refractivity contribution in [1.82, 2.24) is 15.1 Å². The summed E-state index contributed by atoms with van der Waals surface area (Å²) in [5.74, 6) is 0.0395. The van der Waals surface area contributed by atoms with Gasteiger partial charge in [-0.05, 0) is 57.0 Å². The van der Waals surface area contributed by atoms with Crippen LogP contribution in [0.15, 0.2) is 42.5 Å². The fourth-order valence-electron chi connectivity index (χ4n) is 4.13. The smallest absolute Gasteiger partial charge is 0.416 e. The van der Waals surface area contributed by atoms with E-state index < -0.39 is 17.5 Å². The Morgan fingerprint density at radius 3 is 2.47 bits per heavy atom. The van der Waals surface area contributed by atoms with Gasteiger partial charge in [0.15, 0.2) is 0 Å². The molecular formula is C23H24F3N3O3. The maximum Gasteiger partial charge on any atom is 0.416 e. The first-order valence-electron chi connectivity index (χ1n) is 10.2. The molecule has 2 N–H and O–H groups in total. The zero-order chi connectivity index (χ0) is 23.3. The first-order valence-corrected chi connectivity index (χ1v) is 10.2. The first kappa shape index (κ1) is 23.5. The number of fused-ring (bicyclic) bond motifs is 1. The SMILES string of the molecule is CN1CCCC(Cc2nnc(-c3ccc(C(F)(F)F)cc3O)c3ccccc23)C1.O=CO. The van der Waals surface area contributed by atoms with Crippen LogP contribution in [-0.4, -0.2) is 51.9 Å². The lowest BCUT2D eigenvalue weighted by Crippen LogP contribution is -2.33. The Labute approximate surface area is 183 Å². The normalized spacial score (nSPS) is 16.9. The molecule has 3 aromatic rings. The third-order valence-electron chi connectivity index (χ3n) is 5.55. The molecule has 0 amide bonds. The van der Waals surface area contributed by atoms with Crippen molar-refractivity contribution in [2.75, 3.05) is 20.1 Å². The first-order chi connectivity index (χ1) is 15.2. The summed E-state index contributed by atoms with van der Waals surface area (Å²) in [6, 6.07) is 10.5. The van der Waals surface area contributed by atoms with Crippen LogP contribution in [0.2, 0.25) is 0 Å². The van der Waals surface area contributed by atoms with E-state index in [9.17, 15) is 18.3 Å². The molecule has 4 rings (SSSR count). The van der Waals surface area contributed by atoms with E-state index in [-0.39, 0.29) is 12.0 Å². The van der Waals surface area contributed by atoms with E-state index >= 15 is 0 Å². The molecule has 1 unspecified atom stereocenters. The number of rotatable bonds is 3. The van der Waals surface area contributed by atoms with Gasteiger partial charge in [0.1, 0.15) is 11.4 Å². The second-order valence-corrected chi connectivity index (χ2v) is 7.85. The number of alkyl halides is 3. The van der Waals surface area contributed by atoms with Gasteiger partial charge in [-0.25, -0.2) is 0 Å². The molecule has 1 aliphatic heterocycles. The van der Waals surface area contributed by atoms with Gasteiger partial charge < -0.3 is 15.1 Å². The molecule has 0 bridgehead atoms. The van der Waals surface area contributed by atoms with Gasteiger partial charge in [0.25, 0.3) is 6.47 Å². The van der Waals surface area contributed by atoms with Crippen molar-refractivity contribution in [3.63, 3.8) is 0 Å². The second kappa shape index (κ2) is 9.95. The van der Waals surface area contributed by atoms with Gasteiger partial charge >= 0.3 is 6.18 Å². The van der Waals surface area contributed by atoms with E-state index in [0.717, 1.165) is 61.0 Å². The molecule has 6 nitrogen and oxygen atoms in total. The molecule has 32 heavy (non-hydrogen) atoms. The van der Waals surface area contributed by atoms with Crippen LogP contribution in [-0.2, 0) is 17.4 Å². The molecule has 0 spiro atoms. The number of aromatic hydroxyl groups is 1. The van der Waals surface area contributed by atoms with E-state index in [1.807, 2.05) is 24.3 Å². The summed E-state index contributed by atoms with van der Waals surface area (Å²) in [7, 11) is 2.12. The molecule has 0 aliphatic carbocycles. The molecule has 2 aromatic carbocycles. The maximum absolute atomic E-state index is 12.9. The summed E-state index contributed by atoms with van der Waals surface area (Å²) >= 11 is 0. The quantitative estimate of drug-likeness (QED) is 0.571. The number of piperidine rings is 1. The predicted molar refractivity (Wildman–Crippen MR) is 114 cm³/mol. The molecule has 170 valence electrons. The summed E-state index contributed by atoms with van der Waals surface area (Å²) in [4.78, 5) is 10.7. The number of benzene rings is 2. The van der Waals surface area contributed by atoms with Gasteiger partial charge in [-0.15, -0.1) is 5.10 Å². The number of nitrogens with zero attached hydrogens (tertiary/aromatic N) is 3. The van der Waals surface area contributed by atoms with Crippen LogP contribution in [0.1, 0.15) is 24.1 Å². The lowest BCUT2D eigenvalue weighted by Gasteiger charge is -2.29. The average molecular weight is 447 g/mol. The number of phenols is 1. The van der Waals surface area contributed by atoms with Crippen LogP contribution >= 0.6 is 0 Å². The molecule has 0 saturated carbocycles. The van der Waals surface area contributed by atoms with Gasteiger partial charge in [0.05, 0.1) is 11.3 Å². The maximum atomic E-state index is 12.9. The summed E-state index contributed by atoms with van der Waals surface area (Å²) in [5, 5.41) is 27.6. The molecule has 1 aromatic heterocycles. The van der Waals surface area contributed by atoms with E-state index in [1.165, 1.54) is 6.07 Å². The number of phenolic OH excluding ortho intramolecular Hbond substituents is 1. The summed E-state index contributed by atoms with van der Waals surface area (Å²) in [6.07, 6.45) is -1.41. The summed E-state index contributed by atoms with van der Waals surface area (Å²) in [5.41, 5.74) is 0.618. The van der Waals surface area contributed by atoms with Gasteiger partial charge in [-0.2, -0.15) is 18.3 Å².